The molecular formula is C14H9Br2F3. The SMILES string of the molecule is Fc1cc(Br)cc(C(Br)Cc2ccc(F)cc2F)c1. The third-order valence-corrected chi connectivity index (χ3v) is 3.97. The molecule has 2 aromatic rings. The van der Waals surface area contributed by atoms with Gasteiger partial charge in [0.05, 0.1) is 0 Å². The van der Waals surface area contributed by atoms with Gasteiger partial charge in [-0.05, 0) is 41.8 Å². The normalized spacial score (nSPS) is 12.5. The molecule has 1 atom stereocenters. The third-order valence-electron chi connectivity index (χ3n) is 2.66. The maximum atomic E-state index is 13.5. The molecule has 1 unspecified atom stereocenters. The quantitative estimate of drug-likeness (QED) is 0.600. The molecule has 0 aliphatic carbocycles. The van der Waals surface area contributed by atoms with Gasteiger partial charge in [-0.25, -0.2) is 13.2 Å². The molecule has 2 rings (SSSR count). The lowest BCUT2D eigenvalue weighted by molar-refractivity contribution is 0.571. The van der Waals surface area contributed by atoms with Crippen molar-refractivity contribution in [1.29, 1.82) is 0 Å². The molecule has 0 saturated carbocycles. The van der Waals surface area contributed by atoms with Crippen molar-refractivity contribution in [3.05, 3.63) is 69.4 Å². The second kappa shape index (κ2) is 6.09. The minimum atomic E-state index is -0.610. The molecule has 0 spiro atoms. The van der Waals surface area contributed by atoms with Crippen LogP contribution in [-0.4, -0.2) is 0 Å². The van der Waals surface area contributed by atoms with Crippen LogP contribution in [0.4, 0.5) is 13.2 Å². The van der Waals surface area contributed by atoms with E-state index in [1.807, 2.05) is 0 Å². The van der Waals surface area contributed by atoms with E-state index in [2.05, 4.69) is 31.9 Å². The molecule has 0 aliphatic rings. The molecule has 0 saturated heterocycles. The van der Waals surface area contributed by atoms with Crippen LogP contribution in [0.2, 0.25) is 0 Å². The molecule has 0 nitrogen and oxygen atoms in total. The van der Waals surface area contributed by atoms with Gasteiger partial charge in [0.1, 0.15) is 17.5 Å². The first-order valence-corrected chi connectivity index (χ1v) is 7.20. The fraction of sp³-hybridized carbons (Fsp3) is 0.143. The van der Waals surface area contributed by atoms with E-state index in [-0.39, 0.29) is 10.6 Å². The summed E-state index contributed by atoms with van der Waals surface area (Å²) in [6, 6.07) is 7.93. The van der Waals surface area contributed by atoms with Crippen LogP contribution in [-0.2, 0) is 6.42 Å². The van der Waals surface area contributed by atoms with Crippen molar-refractivity contribution in [1.82, 2.24) is 0 Å². The Morgan fingerprint density at radius 2 is 1.68 bits per heavy atom. The Labute approximate surface area is 125 Å². The summed E-state index contributed by atoms with van der Waals surface area (Å²) in [6.07, 6.45) is 0.308. The Morgan fingerprint density at radius 3 is 2.32 bits per heavy atom. The van der Waals surface area contributed by atoms with Gasteiger partial charge in [0.15, 0.2) is 0 Å². The van der Waals surface area contributed by atoms with Gasteiger partial charge in [0, 0.05) is 15.4 Å². The van der Waals surface area contributed by atoms with Gasteiger partial charge >= 0.3 is 0 Å². The fourth-order valence-electron chi connectivity index (χ4n) is 1.75. The second-order valence-electron chi connectivity index (χ2n) is 4.11. The first kappa shape index (κ1) is 14.6. The molecule has 0 aromatic heterocycles. The smallest absolute Gasteiger partial charge is 0.129 e. The Morgan fingerprint density at radius 1 is 0.947 bits per heavy atom. The fourth-order valence-corrected chi connectivity index (χ4v) is 2.85. The summed E-state index contributed by atoms with van der Waals surface area (Å²) in [5, 5.41) is 0. The molecule has 0 heterocycles. The average Bonchev–Trinajstić information content (AvgIpc) is 2.31. The van der Waals surface area contributed by atoms with Crippen LogP contribution >= 0.6 is 31.9 Å². The van der Waals surface area contributed by atoms with Crippen molar-refractivity contribution in [2.45, 2.75) is 11.2 Å². The molecule has 5 heteroatoms. The predicted octanol–water partition coefficient (Wildman–Crippen LogP) is 5.55. The summed E-state index contributed by atoms with van der Waals surface area (Å²) in [7, 11) is 0. The van der Waals surface area contributed by atoms with E-state index in [1.165, 1.54) is 24.3 Å². The molecule has 0 N–H and O–H groups in total. The summed E-state index contributed by atoms with van der Waals surface area (Å²) in [6.45, 7) is 0. The van der Waals surface area contributed by atoms with Crippen molar-refractivity contribution in [3.63, 3.8) is 0 Å². The summed E-state index contributed by atoms with van der Waals surface area (Å²) < 4.78 is 40.2. The Balaban J connectivity index is 2.22. The van der Waals surface area contributed by atoms with Crippen LogP contribution in [0.1, 0.15) is 16.0 Å². The van der Waals surface area contributed by atoms with E-state index in [0.717, 1.165) is 6.07 Å². The lowest BCUT2D eigenvalue weighted by atomic mass is 10.0. The highest BCUT2D eigenvalue weighted by atomic mass is 79.9. The average molecular weight is 394 g/mol. The monoisotopic (exact) mass is 392 g/mol. The zero-order valence-electron chi connectivity index (χ0n) is 9.64. The van der Waals surface area contributed by atoms with Gasteiger partial charge in [-0.3, -0.25) is 0 Å². The zero-order valence-corrected chi connectivity index (χ0v) is 12.8. The summed E-state index contributed by atoms with van der Waals surface area (Å²) in [4.78, 5) is -0.250. The maximum Gasteiger partial charge on any atom is 0.129 e. The third kappa shape index (κ3) is 3.83. The van der Waals surface area contributed by atoms with Gasteiger partial charge in [-0.2, -0.15) is 0 Å². The number of benzene rings is 2. The highest BCUT2D eigenvalue weighted by Gasteiger charge is 2.13. The van der Waals surface area contributed by atoms with Crippen LogP contribution in [0.3, 0.4) is 0 Å². The van der Waals surface area contributed by atoms with Gasteiger partial charge in [-0.15, -0.1) is 0 Å². The largest absolute Gasteiger partial charge is 0.207 e. The minimum absolute atomic E-state index is 0.250. The van der Waals surface area contributed by atoms with Crippen LogP contribution in [0.15, 0.2) is 40.9 Å². The first-order chi connectivity index (χ1) is 8.95. The van der Waals surface area contributed by atoms with Crippen molar-refractivity contribution < 1.29 is 13.2 Å². The summed E-state index contributed by atoms with van der Waals surface area (Å²) in [5.41, 5.74) is 1.07. The van der Waals surface area contributed by atoms with Crippen LogP contribution in [0, 0.1) is 17.5 Å². The molecule has 19 heavy (non-hydrogen) atoms. The van der Waals surface area contributed by atoms with Gasteiger partial charge in [0.2, 0.25) is 0 Å². The van der Waals surface area contributed by atoms with Crippen molar-refractivity contribution in [3.8, 4) is 0 Å². The maximum absolute atomic E-state index is 13.5. The molecule has 0 radical (unpaired) electrons. The Kier molecular flexibility index (Phi) is 4.68. The molecule has 0 fully saturated rings. The van der Waals surface area contributed by atoms with E-state index in [1.54, 1.807) is 6.07 Å². The summed E-state index contributed by atoms with van der Waals surface area (Å²) in [5.74, 6) is -1.57. The van der Waals surface area contributed by atoms with Crippen LogP contribution in [0.25, 0.3) is 0 Å². The number of hydrogen-bond acceptors (Lipinski definition) is 0. The minimum Gasteiger partial charge on any atom is -0.207 e. The molecule has 2 aromatic carbocycles. The molecule has 0 amide bonds. The number of hydrogen-bond donors (Lipinski definition) is 0. The highest BCUT2D eigenvalue weighted by molar-refractivity contribution is 9.10. The van der Waals surface area contributed by atoms with E-state index in [4.69, 9.17) is 0 Å². The Bertz CT molecular complexity index is 579. The molecule has 0 bridgehead atoms. The van der Waals surface area contributed by atoms with E-state index in [0.29, 0.717) is 22.0 Å². The van der Waals surface area contributed by atoms with Gasteiger partial charge < -0.3 is 0 Å². The van der Waals surface area contributed by atoms with Crippen molar-refractivity contribution >= 4 is 31.9 Å². The van der Waals surface area contributed by atoms with Gasteiger partial charge in [0.25, 0.3) is 0 Å². The first-order valence-electron chi connectivity index (χ1n) is 5.49. The van der Waals surface area contributed by atoms with Crippen molar-refractivity contribution in [2.75, 3.05) is 0 Å². The zero-order chi connectivity index (χ0) is 14.0. The van der Waals surface area contributed by atoms with E-state index >= 15 is 0 Å². The molecule has 100 valence electrons. The number of rotatable bonds is 3. The standard InChI is InChI=1S/C14H9Br2F3/c15-10-3-9(4-12(18)6-10)13(16)5-8-1-2-11(17)7-14(8)19/h1-4,6-7,13H,5H2. The topological polar surface area (TPSA) is 0 Å². The summed E-state index contributed by atoms with van der Waals surface area (Å²) >= 11 is 6.60. The van der Waals surface area contributed by atoms with Crippen LogP contribution < -0.4 is 0 Å². The van der Waals surface area contributed by atoms with Crippen LogP contribution in [0.5, 0.6) is 0 Å². The lowest BCUT2D eigenvalue weighted by Crippen LogP contribution is -1.99. The Hall–Kier alpha value is -0.810. The lowest BCUT2D eigenvalue weighted by Gasteiger charge is -2.12. The highest BCUT2D eigenvalue weighted by Crippen LogP contribution is 2.30. The second-order valence-corrected chi connectivity index (χ2v) is 6.13. The van der Waals surface area contributed by atoms with Gasteiger partial charge in [-0.1, -0.05) is 37.9 Å². The number of alkyl halides is 1. The van der Waals surface area contributed by atoms with Crippen molar-refractivity contribution in [2.24, 2.45) is 0 Å². The number of halogens is 5. The van der Waals surface area contributed by atoms with E-state index < -0.39 is 11.6 Å². The van der Waals surface area contributed by atoms with E-state index in [9.17, 15) is 13.2 Å². The predicted molar refractivity (Wildman–Crippen MR) is 75.8 cm³/mol. The molecule has 0 aliphatic heterocycles. The molecular weight excluding hydrogens is 385 g/mol.